The van der Waals surface area contributed by atoms with Crippen LogP contribution in [0.2, 0.25) is 0 Å². The Morgan fingerprint density at radius 3 is 2.21 bits per heavy atom. The first kappa shape index (κ1) is 19.7. The molecule has 0 fully saturated rings. The normalized spacial score (nSPS) is 13.2. The van der Waals surface area contributed by atoms with Crippen molar-refractivity contribution in [2.24, 2.45) is 5.92 Å². The topological polar surface area (TPSA) is 95.5 Å². The van der Waals surface area contributed by atoms with E-state index in [4.69, 9.17) is 5.11 Å². The second kappa shape index (κ2) is 9.70. The molecule has 3 N–H and O–H groups in total. The highest BCUT2D eigenvalue weighted by Crippen LogP contribution is 2.06. The highest BCUT2D eigenvalue weighted by atomic mass is 16.4. The van der Waals surface area contributed by atoms with Gasteiger partial charge >= 0.3 is 5.97 Å². The van der Waals surface area contributed by atoms with Crippen molar-refractivity contribution in [3.63, 3.8) is 0 Å². The van der Waals surface area contributed by atoms with E-state index < -0.39 is 24.0 Å². The lowest BCUT2D eigenvalue weighted by molar-refractivity contribution is -0.142. The SMILES string of the molecule is CCCC(NC(=O)C(NC(=O)Cc1ccccc1)C(C)C)C(=O)O. The number of hydrogen-bond acceptors (Lipinski definition) is 3. The zero-order valence-corrected chi connectivity index (χ0v) is 14.4. The van der Waals surface area contributed by atoms with Crippen LogP contribution in [0.25, 0.3) is 0 Å². The number of hydrogen-bond donors (Lipinski definition) is 3. The van der Waals surface area contributed by atoms with E-state index in [2.05, 4.69) is 10.6 Å². The largest absolute Gasteiger partial charge is 0.480 e. The summed E-state index contributed by atoms with van der Waals surface area (Å²) in [5.74, 6) is -1.95. The number of carbonyl (C=O) groups is 3. The summed E-state index contributed by atoms with van der Waals surface area (Å²) in [5, 5.41) is 14.4. The van der Waals surface area contributed by atoms with Gasteiger partial charge in [-0.05, 0) is 17.9 Å². The monoisotopic (exact) mass is 334 g/mol. The van der Waals surface area contributed by atoms with Crippen molar-refractivity contribution in [2.75, 3.05) is 0 Å². The van der Waals surface area contributed by atoms with Crippen molar-refractivity contribution in [3.8, 4) is 0 Å². The summed E-state index contributed by atoms with van der Waals surface area (Å²) in [6, 6.07) is 7.53. The van der Waals surface area contributed by atoms with Crippen LogP contribution in [0.3, 0.4) is 0 Å². The molecule has 0 aromatic heterocycles. The molecule has 0 aliphatic heterocycles. The zero-order valence-electron chi connectivity index (χ0n) is 14.4. The van der Waals surface area contributed by atoms with Crippen LogP contribution in [-0.2, 0) is 20.8 Å². The van der Waals surface area contributed by atoms with E-state index >= 15 is 0 Å². The van der Waals surface area contributed by atoms with Crippen LogP contribution < -0.4 is 10.6 Å². The Kier molecular flexibility index (Phi) is 7.95. The van der Waals surface area contributed by atoms with E-state index in [9.17, 15) is 14.4 Å². The molecule has 0 aliphatic rings. The van der Waals surface area contributed by atoms with E-state index in [0.29, 0.717) is 12.8 Å². The first-order valence-corrected chi connectivity index (χ1v) is 8.21. The van der Waals surface area contributed by atoms with Crippen molar-refractivity contribution in [2.45, 2.75) is 52.1 Å². The summed E-state index contributed by atoms with van der Waals surface area (Å²) in [6.07, 6.45) is 1.17. The predicted molar refractivity (Wildman–Crippen MR) is 91.4 cm³/mol. The molecule has 2 atom stereocenters. The molecule has 132 valence electrons. The predicted octanol–water partition coefficient (Wildman–Crippen LogP) is 1.74. The fourth-order valence-electron chi connectivity index (χ4n) is 2.35. The molecule has 0 radical (unpaired) electrons. The molecule has 6 heteroatoms. The molecular weight excluding hydrogens is 308 g/mol. The van der Waals surface area contributed by atoms with Crippen LogP contribution in [0, 0.1) is 5.92 Å². The molecule has 1 aromatic rings. The Morgan fingerprint density at radius 2 is 1.71 bits per heavy atom. The third-order valence-corrected chi connectivity index (χ3v) is 3.67. The number of rotatable bonds is 9. The lowest BCUT2D eigenvalue weighted by Crippen LogP contribution is -2.53. The Labute approximate surface area is 142 Å². The Morgan fingerprint density at radius 1 is 1.08 bits per heavy atom. The van der Waals surface area contributed by atoms with Gasteiger partial charge in [0.2, 0.25) is 11.8 Å². The van der Waals surface area contributed by atoms with E-state index in [-0.39, 0.29) is 18.2 Å². The number of carboxylic acid groups (broad SMARTS) is 1. The number of carboxylic acids is 1. The first-order chi connectivity index (χ1) is 11.3. The molecule has 2 unspecified atom stereocenters. The third kappa shape index (κ3) is 6.40. The standard InChI is InChI=1S/C18H26N2O4/c1-4-8-14(18(23)24)19-17(22)16(12(2)3)20-15(21)11-13-9-6-5-7-10-13/h5-7,9-10,12,14,16H,4,8,11H2,1-3H3,(H,19,22)(H,20,21)(H,23,24). The number of nitrogens with one attached hydrogen (secondary N) is 2. The van der Waals surface area contributed by atoms with Gasteiger partial charge in [-0.1, -0.05) is 57.5 Å². The lowest BCUT2D eigenvalue weighted by atomic mass is 10.0. The molecule has 24 heavy (non-hydrogen) atoms. The maximum Gasteiger partial charge on any atom is 0.326 e. The Hall–Kier alpha value is -2.37. The van der Waals surface area contributed by atoms with Crippen LogP contribution in [-0.4, -0.2) is 35.0 Å². The fourth-order valence-corrected chi connectivity index (χ4v) is 2.35. The summed E-state index contributed by atoms with van der Waals surface area (Å²) < 4.78 is 0. The molecule has 1 rings (SSSR count). The van der Waals surface area contributed by atoms with Gasteiger partial charge in [0.15, 0.2) is 0 Å². The first-order valence-electron chi connectivity index (χ1n) is 8.21. The van der Waals surface area contributed by atoms with Crippen LogP contribution in [0.1, 0.15) is 39.2 Å². The second-order valence-electron chi connectivity index (χ2n) is 6.14. The molecule has 0 saturated heterocycles. The summed E-state index contributed by atoms with van der Waals surface area (Å²) in [7, 11) is 0. The molecule has 0 aliphatic carbocycles. The number of carbonyl (C=O) groups excluding carboxylic acids is 2. The van der Waals surface area contributed by atoms with E-state index in [1.54, 1.807) is 0 Å². The van der Waals surface area contributed by atoms with Gasteiger partial charge in [-0.25, -0.2) is 4.79 Å². The van der Waals surface area contributed by atoms with Crippen LogP contribution in [0.15, 0.2) is 30.3 Å². The molecule has 2 amide bonds. The Balaban J connectivity index is 2.70. The van der Waals surface area contributed by atoms with Crippen LogP contribution in [0.5, 0.6) is 0 Å². The van der Waals surface area contributed by atoms with Crippen LogP contribution in [0.4, 0.5) is 0 Å². The minimum absolute atomic E-state index is 0.152. The van der Waals surface area contributed by atoms with Crippen molar-refractivity contribution < 1.29 is 19.5 Å². The van der Waals surface area contributed by atoms with Crippen molar-refractivity contribution in [1.82, 2.24) is 10.6 Å². The number of aliphatic carboxylic acids is 1. The van der Waals surface area contributed by atoms with Gasteiger partial charge in [-0.2, -0.15) is 0 Å². The lowest BCUT2D eigenvalue weighted by Gasteiger charge is -2.24. The number of amides is 2. The average Bonchev–Trinajstić information content (AvgIpc) is 2.52. The molecule has 0 spiro atoms. The third-order valence-electron chi connectivity index (χ3n) is 3.67. The highest BCUT2D eigenvalue weighted by Gasteiger charge is 2.28. The average molecular weight is 334 g/mol. The summed E-state index contributed by atoms with van der Waals surface area (Å²) >= 11 is 0. The van der Waals surface area contributed by atoms with Gasteiger partial charge in [0.1, 0.15) is 12.1 Å². The molecule has 0 heterocycles. The van der Waals surface area contributed by atoms with Gasteiger partial charge in [-0.15, -0.1) is 0 Å². The summed E-state index contributed by atoms with van der Waals surface area (Å²) in [6.45, 7) is 5.47. The molecular formula is C18H26N2O4. The maximum absolute atomic E-state index is 12.4. The van der Waals surface area contributed by atoms with E-state index in [0.717, 1.165) is 5.56 Å². The van der Waals surface area contributed by atoms with E-state index in [1.165, 1.54) is 0 Å². The summed E-state index contributed by atoms with van der Waals surface area (Å²) in [5.41, 5.74) is 0.854. The second-order valence-corrected chi connectivity index (χ2v) is 6.14. The highest BCUT2D eigenvalue weighted by molar-refractivity contribution is 5.91. The van der Waals surface area contributed by atoms with Gasteiger partial charge in [-0.3, -0.25) is 9.59 Å². The van der Waals surface area contributed by atoms with Gasteiger partial charge in [0.05, 0.1) is 6.42 Å². The smallest absolute Gasteiger partial charge is 0.326 e. The quantitative estimate of drug-likeness (QED) is 0.641. The van der Waals surface area contributed by atoms with Crippen molar-refractivity contribution in [1.29, 1.82) is 0 Å². The van der Waals surface area contributed by atoms with Crippen LogP contribution >= 0.6 is 0 Å². The molecule has 0 saturated carbocycles. The summed E-state index contributed by atoms with van der Waals surface area (Å²) in [4.78, 5) is 35.7. The van der Waals surface area contributed by atoms with E-state index in [1.807, 2.05) is 51.1 Å². The van der Waals surface area contributed by atoms with Crippen molar-refractivity contribution >= 4 is 17.8 Å². The minimum Gasteiger partial charge on any atom is -0.480 e. The number of benzene rings is 1. The zero-order chi connectivity index (χ0) is 18.1. The fraction of sp³-hybridized carbons (Fsp3) is 0.500. The van der Waals surface area contributed by atoms with Gasteiger partial charge in [0, 0.05) is 0 Å². The maximum atomic E-state index is 12.4. The van der Waals surface area contributed by atoms with Gasteiger partial charge < -0.3 is 15.7 Å². The Bertz CT molecular complexity index is 557. The van der Waals surface area contributed by atoms with Crippen molar-refractivity contribution in [3.05, 3.63) is 35.9 Å². The molecule has 1 aromatic carbocycles. The molecule has 6 nitrogen and oxygen atoms in total. The minimum atomic E-state index is -1.07. The molecule has 0 bridgehead atoms. The van der Waals surface area contributed by atoms with Gasteiger partial charge in [0.25, 0.3) is 0 Å².